The first-order chi connectivity index (χ1) is 17.1. The van der Waals surface area contributed by atoms with Crippen molar-refractivity contribution < 1.29 is 22.6 Å². The van der Waals surface area contributed by atoms with Crippen molar-refractivity contribution in [1.82, 2.24) is 19.4 Å². The second-order valence-corrected chi connectivity index (χ2v) is 9.10. The number of anilines is 2. The van der Waals surface area contributed by atoms with Gasteiger partial charge in [-0.05, 0) is 43.7 Å². The van der Waals surface area contributed by atoms with Crippen LogP contribution in [0.1, 0.15) is 48.3 Å². The summed E-state index contributed by atoms with van der Waals surface area (Å²) in [5, 5.41) is 4.00. The van der Waals surface area contributed by atoms with E-state index in [2.05, 4.69) is 20.3 Å². The number of aryl methyl sites for hydroxylation is 1. The number of nitrogens with one attached hydrogen (secondary N) is 1. The number of nitrogens with two attached hydrogens (primary N) is 1. The Hall–Kier alpha value is -3.44. The van der Waals surface area contributed by atoms with Crippen molar-refractivity contribution in [2.75, 3.05) is 31.4 Å². The Kier molecular flexibility index (Phi) is 6.00. The lowest BCUT2D eigenvalue weighted by atomic mass is 9.86. The van der Waals surface area contributed by atoms with Crippen LogP contribution in [0.2, 0.25) is 0 Å². The number of benzene rings is 1. The Bertz CT molecular complexity index is 1430. The molecule has 36 heavy (non-hydrogen) atoms. The number of ether oxygens (including phenoxy) is 2. The molecule has 0 saturated carbocycles. The first kappa shape index (κ1) is 24.3. The quantitative estimate of drug-likeness (QED) is 0.372. The van der Waals surface area contributed by atoms with Crippen molar-refractivity contribution in [3.8, 4) is 0 Å². The van der Waals surface area contributed by atoms with E-state index in [1.807, 2.05) is 16.7 Å². The third kappa shape index (κ3) is 4.22. The molecule has 0 aliphatic carbocycles. The van der Waals surface area contributed by atoms with E-state index in [1.54, 1.807) is 27.2 Å². The SMILES string of the molecule is COC1(c2cc3c(N[C@H](C)c4cc(N)cc(C(F)(F)F)c4)nc(C)nc3n3ccnc23)CCOCC1. The van der Waals surface area contributed by atoms with Crippen molar-refractivity contribution in [2.45, 2.75) is 44.5 Å². The number of nitrogen functional groups attached to an aromatic ring is 1. The topological polar surface area (TPSA) is 99.6 Å². The van der Waals surface area contributed by atoms with Crippen LogP contribution in [0.4, 0.5) is 24.7 Å². The number of imidazole rings is 1. The van der Waals surface area contributed by atoms with E-state index in [0.29, 0.717) is 54.3 Å². The minimum Gasteiger partial charge on any atom is -0.399 e. The molecule has 4 heterocycles. The predicted octanol–water partition coefficient (Wildman–Crippen LogP) is 5.01. The fourth-order valence-electron chi connectivity index (χ4n) is 4.87. The first-order valence-corrected chi connectivity index (χ1v) is 11.6. The highest BCUT2D eigenvalue weighted by atomic mass is 19.4. The van der Waals surface area contributed by atoms with E-state index in [0.717, 1.165) is 23.3 Å². The van der Waals surface area contributed by atoms with Crippen LogP contribution in [-0.4, -0.2) is 39.7 Å². The molecule has 1 aromatic carbocycles. The number of hydrogen-bond donors (Lipinski definition) is 2. The molecule has 0 radical (unpaired) electrons. The zero-order chi connectivity index (χ0) is 25.7. The molecule has 4 aromatic rings. The van der Waals surface area contributed by atoms with Crippen molar-refractivity contribution in [3.63, 3.8) is 0 Å². The van der Waals surface area contributed by atoms with Crippen LogP contribution in [0.5, 0.6) is 0 Å². The summed E-state index contributed by atoms with van der Waals surface area (Å²) in [6.07, 6.45) is 0.360. The number of aromatic nitrogens is 4. The lowest BCUT2D eigenvalue weighted by molar-refractivity contribution is -0.137. The highest BCUT2D eigenvalue weighted by molar-refractivity contribution is 5.90. The summed E-state index contributed by atoms with van der Waals surface area (Å²) >= 11 is 0. The fourth-order valence-corrected chi connectivity index (χ4v) is 4.87. The minimum absolute atomic E-state index is 0.0427. The largest absolute Gasteiger partial charge is 0.416 e. The number of hydrogen-bond acceptors (Lipinski definition) is 7. The molecular weight excluding hydrogens is 473 g/mol. The van der Waals surface area contributed by atoms with Gasteiger partial charge in [0.2, 0.25) is 0 Å². The second-order valence-electron chi connectivity index (χ2n) is 9.10. The molecule has 1 saturated heterocycles. The number of alkyl halides is 3. The van der Waals surface area contributed by atoms with E-state index in [1.165, 1.54) is 6.07 Å². The van der Waals surface area contributed by atoms with Gasteiger partial charge in [0.25, 0.3) is 0 Å². The number of fused-ring (bicyclic) bond motifs is 3. The summed E-state index contributed by atoms with van der Waals surface area (Å²) in [5.74, 6) is 1.01. The number of methoxy groups -OCH3 is 1. The first-order valence-electron chi connectivity index (χ1n) is 11.6. The molecule has 0 bridgehead atoms. The van der Waals surface area contributed by atoms with Crippen LogP contribution >= 0.6 is 0 Å². The summed E-state index contributed by atoms with van der Waals surface area (Å²) in [6.45, 7) is 4.65. The smallest absolute Gasteiger partial charge is 0.399 e. The highest BCUT2D eigenvalue weighted by Crippen LogP contribution is 2.40. The van der Waals surface area contributed by atoms with Gasteiger partial charge in [-0.25, -0.2) is 15.0 Å². The fraction of sp³-hybridized carbons (Fsp3) is 0.400. The molecule has 3 N–H and O–H groups in total. The number of nitrogens with zero attached hydrogens (tertiary/aromatic N) is 4. The van der Waals surface area contributed by atoms with E-state index in [-0.39, 0.29) is 5.69 Å². The molecule has 1 fully saturated rings. The lowest BCUT2D eigenvalue weighted by Gasteiger charge is -2.36. The van der Waals surface area contributed by atoms with Crippen LogP contribution in [0, 0.1) is 6.92 Å². The summed E-state index contributed by atoms with van der Waals surface area (Å²) in [7, 11) is 1.68. The van der Waals surface area contributed by atoms with Crippen molar-refractivity contribution in [3.05, 3.63) is 59.2 Å². The standard InChI is InChI=1S/C25H27F3N6O2/c1-14(16-10-17(25(26,27)28)12-18(29)11-16)31-21-19-13-20(24(35-3)4-8-36-9-5-24)23-30-6-7-34(23)22(19)33-15(2)32-21/h6-7,10-14H,4-5,8-9,29H2,1-3H3,(H,31,32,33)/t14-/m1/s1. The molecule has 190 valence electrons. The maximum Gasteiger partial charge on any atom is 0.416 e. The van der Waals surface area contributed by atoms with Gasteiger partial charge in [0, 0.05) is 56.8 Å². The average molecular weight is 501 g/mol. The van der Waals surface area contributed by atoms with Crippen LogP contribution in [0.25, 0.3) is 16.7 Å². The molecule has 11 heteroatoms. The maximum absolute atomic E-state index is 13.4. The Morgan fingerprint density at radius 1 is 1.14 bits per heavy atom. The van der Waals surface area contributed by atoms with Gasteiger partial charge >= 0.3 is 6.18 Å². The molecule has 5 rings (SSSR count). The van der Waals surface area contributed by atoms with Gasteiger partial charge in [-0.15, -0.1) is 0 Å². The molecular formula is C25H27F3N6O2. The summed E-state index contributed by atoms with van der Waals surface area (Å²) in [6, 6.07) is 5.02. The van der Waals surface area contributed by atoms with Crippen molar-refractivity contribution in [1.29, 1.82) is 0 Å². The van der Waals surface area contributed by atoms with Gasteiger partial charge in [-0.3, -0.25) is 4.40 Å². The third-order valence-electron chi connectivity index (χ3n) is 6.78. The van der Waals surface area contributed by atoms with Gasteiger partial charge < -0.3 is 20.5 Å². The van der Waals surface area contributed by atoms with Crippen LogP contribution in [0.3, 0.4) is 0 Å². The molecule has 3 aromatic heterocycles. The average Bonchev–Trinajstić information content (AvgIpc) is 3.33. The van der Waals surface area contributed by atoms with E-state index in [4.69, 9.17) is 15.2 Å². The molecule has 0 amide bonds. The number of halogens is 3. The second kappa shape index (κ2) is 8.90. The Balaban J connectivity index is 1.65. The Morgan fingerprint density at radius 2 is 1.89 bits per heavy atom. The third-order valence-corrected chi connectivity index (χ3v) is 6.78. The van der Waals surface area contributed by atoms with Crippen molar-refractivity contribution in [2.24, 2.45) is 0 Å². The van der Waals surface area contributed by atoms with Crippen LogP contribution in [0.15, 0.2) is 36.7 Å². The number of rotatable bonds is 5. The maximum atomic E-state index is 13.4. The van der Waals surface area contributed by atoms with Gasteiger partial charge in [-0.1, -0.05) is 0 Å². The summed E-state index contributed by atoms with van der Waals surface area (Å²) < 4.78 is 53.7. The van der Waals surface area contributed by atoms with Crippen molar-refractivity contribution >= 4 is 28.2 Å². The van der Waals surface area contributed by atoms with Gasteiger partial charge in [0.05, 0.1) is 17.0 Å². The molecule has 1 aliphatic rings. The Morgan fingerprint density at radius 3 is 2.58 bits per heavy atom. The summed E-state index contributed by atoms with van der Waals surface area (Å²) in [5.41, 5.74) is 7.10. The van der Waals surface area contributed by atoms with Gasteiger partial charge in [0.15, 0.2) is 5.65 Å². The summed E-state index contributed by atoms with van der Waals surface area (Å²) in [4.78, 5) is 13.8. The predicted molar refractivity (Wildman–Crippen MR) is 130 cm³/mol. The molecule has 8 nitrogen and oxygen atoms in total. The monoisotopic (exact) mass is 500 g/mol. The normalized spacial score (nSPS) is 16.9. The van der Waals surface area contributed by atoms with Crippen LogP contribution in [-0.2, 0) is 21.3 Å². The van der Waals surface area contributed by atoms with E-state index >= 15 is 0 Å². The minimum atomic E-state index is -4.50. The lowest BCUT2D eigenvalue weighted by Crippen LogP contribution is -2.36. The Labute approximate surface area is 205 Å². The zero-order valence-corrected chi connectivity index (χ0v) is 20.2. The molecule has 0 unspecified atom stereocenters. The molecule has 1 atom stereocenters. The van der Waals surface area contributed by atoms with E-state index in [9.17, 15) is 13.2 Å². The number of pyridine rings is 1. The zero-order valence-electron chi connectivity index (χ0n) is 20.2. The molecule has 1 aliphatic heterocycles. The van der Waals surface area contributed by atoms with Crippen LogP contribution < -0.4 is 11.1 Å². The highest BCUT2D eigenvalue weighted by Gasteiger charge is 2.37. The van der Waals surface area contributed by atoms with Gasteiger partial charge in [-0.2, -0.15) is 13.2 Å². The molecule has 0 spiro atoms. The van der Waals surface area contributed by atoms with E-state index < -0.39 is 23.4 Å². The van der Waals surface area contributed by atoms with Gasteiger partial charge in [0.1, 0.15) is 22.9 Å².